The van der Waals surface area contributed by atoms with E-state index in [2.05, 4.69) is 5.32 Å². The predicted octanol–water partition coefficient (Wildman–Crippen LogP) is 4.66. The van der Waals surface area contributed by atoms with Crippen LogP contribution < -0.4 is 9.62 Å². The number of halogens is 1. The third-order valence-electron chi connectivity index (χ3n) is 4.33. The van der Waals surface area contributed by atoms with Crippen molar-refractivity contribution in [1.29, 1.82) is 0 Å². The second-order valence-corrected chi connectivity index (χ2v) is 9.87. The molecule has 1 N–H and O–H groups in total. The molecule has 0 aliphatic rings. The van der Waals surface area contributed by atoms with Crippen molar-refractivity contribution in [3.8, 4) is 0 Å². The summed E-state index contributed by atoms with van der Waals surface area (Å²) in [7, 11) is -2.20. The van der Waals surface area contributed by atoms with Crippen molar-refractivity contribution in [2.24, 2.45) is 0 Å². The van der Waals surface area contributed by atoms with Gasteiger partial charge in [0.25, 0.3) is 15.9 Å². The van der Waals surface area contributed by atoms with Gasteiger partial charge in [0.15, 0.2) is 0 Å². The fraction of sp³-hybridized carbons (Fsp3) is 0.143. The Bertz CT molecular complexity index is 1190. The molecule has 3 rings (SSSR count). The maximum atomic E-state index is 12.6. The molecule has 0 saturated heterocycles. The van der Waals surface area contributed by atoms with Gasteiger partial charge in [-0.05, 0) is 60.8 Å². The van der Waals surface area contributed by atoms with Gasteiger partial charge in [-0.25, -0.2) is 13.2 Å². The second kappa shape index (κ2) is 9.51. The minimum absolute atomic E-state index is 0.192. The number of hydrogen-bond acceptors (Lipinski definition) is 6. The summed E-state index contributed by atoms with van der Waals surface area (Å²) in [5.74, 6) is -0.930. The lowest BCUT2D eigenvalue weighted by Crippen LogP contribution is -2.25. The fourth-order valence-electron chi connectivity index (χ4n) is 2.66. The average Bonchev–Trinajstić information content (AvgIpc) is 3.30. The van der Waals surface area contributed by atoms with Gasteiger partial charge in [-0.2, -0.15) is 0 Å². The summed E-state index contributed by atoms with van der Waals surface area (Å²) in [5, 5.41) is 4.56. The molecule has 0 unspecified atom stereocenters. The van der Waals surface area contributed by atoms with E-state index >= 15 is 0 Å². The molecular formula is C21H19ClN2O5S2. The number of benzene rings is 2. The maximum Gasteiger partial charge on any atom is 0.338 e. The molecule has 0 aliphatic heterocycles. The van der Waals surface area contributed by atoms with Crippen LogP contribution in [0, 0.1) is 0 Å². The lowest BCUT2D eigenvalue weighted by molar-refractivity contribution is 0.0526. The smallest absolute Gasteiger partial charge is 0.338 e. The first kappa shape index (κ1) is 22.8. The molecule has 3 aromatic rings. The molecule has 7 nitrogen and oxygen atoms in total. The van der Waals surface area contributed by atoms with Gasteiger partial charge in [0.05, 0.1) is 28.6 Å². The van der Waals surface area contributed by atoms with Crippen molar-refractivity contribution in [3.05, 3.63) is 76.1 Å². The summed E-state index contributed by atoms with van der Waals surface area (Å²) in [5.41, 5.74) is 1.35. The molecule has 162 valence electrons. The van der Waals surface area contributed by atoms with Gasteiger partial charge in [-0.1, -0.05) is 17.7 Å². The number of carbonyl (C=O) groups is 2. The molecule has 1 aromatic heterocycles. The van der Waals surface area contributed by atoms with Gasteiger partial charge >= 0.3 is 5.97 Å². The third-order valence-corrected chi connectivity index (χ3v) is 7.80. The van der Waals surface area contributed by atoms with Crippen molar-refractivity contribution in [2.75, 3.05) is 23.3 Å². The van der Waals surface area contributed by atoms with E-state index in [1.54, 1.807) is 30.5 Å². The summed E-state index contributed by atoms with van der Waals surface area (Å²) in [4.78, 5) is 24.3. The van der Waals surface area contributed by atoms with E-state index in [0.29, 0.717) is 16.9 Å². The minimum Gasteiger partial charge on any atom is -0.462 e. The van der Waals surface area contributed by atoms with Gasteiger partial charge in [0.2, 0.25) is 0 Å². The lowest BCUT2D eigenvalue weighted by atomic mass is 10.1. The first-order valence-corrected chi connectivity index (χ1v) is 11.8. The topological polar surface area (TPSA) is 92.8 Å². The van der Waals surface area contributed by atoms with Gasteiger partial charge in [0, 0.05) is 12.6 Å². The maximum absolute atomic E-state index is 12.6. The van der Waals surface area contributed by atoms with Crippen LogP contribution in [0.25, 0.3) is 0 Å². The van der Waals surface area contributed by atoms with Crippen molar-refractivity contribution in [1.82, 2.24) is 0 Å². The molecule has 31 heavy (non-hydrogen) atoms. The number of nitrogens with zero attached hydrogens (tertiary/aromatic N) is 1. The summed E-state index contributed by atoms with van der Waals surface area (Å²) < 4.78 is 31.5. The molecule has 0 aliphatic carbocycles. The standard InChI is InChI=1S/C21H19ClN2O5S2/c1-3-29-21(26)15-8-11-18(17(22)13-15)23-20(25)14-6-9-16(10-7-14)24(2)31(27,28)19-5-4-12-30-19/h4-13H,3H2,1-2H3,(H,23,25). The summed E-state index contributed by atoms with van der Waals surface area (Å²) in [6, 6.07) is 13.8. The van der Waals surface area contributed by atoms with Crippen molar-refractivity contribution in [3.63, 3.8) is 0 Å². The monoisotopic (exact) mass is 478 g/mol. The zero-order valence-electron chi connectivity index (χ0n) is 16.7. The average molecular weight is 479 g/mol. The lowest BCUT2D eigenvalue weighted by Gasteiger charge is -2.18. The Morgan fingerprint density at radius 2 is 1.77 bits per heavy atom. The molecule has 0 saturated carbocycles. The summed E-state index contributed by atoms with van der Waals surface area (Å²) in [6.07, 6.45) is 0. The van der Waals surface area contributed by atoms with E-state index in [9.17, 15) is 18.0 Å². The minimum atomic E-state index is -3.66. The summed E-state index contributed by atoms with van der Waals surface area (Å²) in [6.45, 7) is 1.95. The van der Waals surface area contributed by atoms with Gasteiger partial charge in [-0.3, -0.25) is 9.10 Å². The normalized spacial score (nSPS) is 11.1. The highest BCUT2D eigenvalue weighted by atomic mass is 35.5. The van der Waals surface area contributed by atoms with Gasteiger partial charge in [-0.15, -0.1) is 11.3 Å². The Hall–Kier alpha value is -2.88. The molecule has 10 heteroatoms. The van der Waals surface area contributed by atoms with E-state index in [1.807, 2.05) is 0 Å². The number of amides is 1. The predicted molar refractivity (Wildman–Crippen MR) is 122 cm³/mol. The number of thiophene rings is 1. The summed E-state index contributed by atoms with van der Waals surface area (Å²) >= 11 is 7.31. The Kier molecular flexibility index (Phi) is 6.99. The van der Waals surface area contributed by atoms with Crippen molar-refractivity contribution >= 4 is 56.2 Å². The molecule has 0 atom stereocenters. The van der Waals surface area contributed by atoms with E-state index in [0.717, 1.165) is 15.6 Å². The van der Waals surface area contributed by atoms with E-state index in [-0.39, 0.29) is 21.4 Å². The molecule has 0 radical (unpaired) electrons. The molecule has 0 spiro atoms. The van der Waals surface area contributed by atoms with E-state index in [4.69, 9.17) is 16.3 Å². The van der Waals surface area contributed by atoms with E-state index in [1.165, 1.54) is 43.4 Å². The van der Waals surface area contributed by atoms with Crippen LogP contribution in [0.1, 0.15) is 27.6 Å². The number of ether oxygens (including phenoxy) is 1. The Balaban J connectivity index is 1.73. The first-order chi connectivity index (χ1) is 14.7. The van der Waals surface area contributed by atoms with Crippen LogP contribution in [0.5, 0.6) is 0 Å². The second-order valence-electron chi connectivity index (χ2n) is 6.32. The van der Waals surface area contributed by atoms with Crippen LogP contribution in [-0.2, 0) is 14.8 Å². The molecule has 2 aromatic carbocycles. The number of carbonyl (C=O) groups excluding carboxylic acids is 2. The highest BCUT2D eigenvalue weighted by molar-refractivity contribution is 7.94. The first-order valence-electron chi connectivity index (χ1n) is 9.14. The van der Waals surface area contributed by atoms with Crippen LogP contribution in [0.15, 0.2) is 64.2 Å². The van der Waals surface area contributed by atoms with Crippen molar-refractivity contribution in [2.45, 2.75) is 11.1 Å². The third kappa shape index (κ3) is 5.07. The molecule has 1 amide bonds. The Labute approximate surface area is 189 Å². The number of hydrogen-bond donors (Lipinski definition) is 1. The highest BCUT2D eigenvalue weighted by Gasteiger charge is 2.22. The zero-order chi connectivity index (χ0) is 22.6. The Morgan fingerprint density at radius 3 is 2.35 bits per heavy atom. The van der Waals surface area contributed by atoms with Crippen LogP contribution in [-0.4, -0.2) is 33.9 Å². The number of anilines is 2. The fourth-order valence-corrected chi connectivity index (χ4v) is 5.24. The molecule has 0 fully saturated rings. The quantitative estimate of drug-likeness (QED) is 0.499. The zero-order valence-corrected chi connectivity index (χ0v) is 19.1. The number of esters is 1. The largest absolute Gasteiger partial charge is 0.462 e. The van der Waals surface area contributed by atoms with Gasteiger partial charge < -0.3 is 10.1 Å². The van der Waals surface area contributed by atoms with Crippen LogP contribution in [0.3, 0.4) is 0 Å². The molecule has 0 bridgehead atoms. The van der Waals surface area contributed by atoms with Crippen LogP contribution >= 0.6 is 22.9 Å². The number of nitrogens with one attached hydrogen (secondary N) is 1. The van der Waals surface area contributed by atoms with Crippen LogP contribution in [0.2, 0.25) is 5.02 Å². The number of sulfonamides is 1. The van der Waals surface area contributed by atoms with Crippen molar-refractivity contribution < 1.29 is 22.7 Å². The van der Waals surface area contributed by atoms with Crippen LogP contribution in [0.4, 0.5) is 11.4 Å². The Morgan fingerprint density at radius 1 is 1.10 bits per heavy atom. The molecule has 1 heterocycles. The highest BCUT2D eigenvalue weighted by Crippen LogP contribution is 2.27. The molecular weight excluding hydrogens is 460 g/mol. The number of rotatable bonds is 7. The SMILES string of the molecule is CCOC(=O)c1ccc(NC(=O)c2ccc(N(C)S(=O)(=O)c3cccs3)cc2)c(Cl)c1. The van der Waals surface area contributed by atoms with Gasteiger partial charge in [0.1, 0.15) is 4.21 Å². The van der Waals surface area contributed by atoms with E-state index < -0.39 is 21.9 Å².